The second-order valence-corrected chi connectivity index (χ2v) is 9.14. The predicted molar refractivity (Wildman–Crippen MR) is 107 cm³/mol. The van der Waals surface area contributed by atoms with Gasteiger partial charge in [-0.1, -0.05) is 6.07 Å². The standard InChI is InChI=1S/C21H25NO5S/c1-5-26-17-7-6-15-12-22(13-16(15)10-17)21(23)19-11-18(28(4,24)25)8-9-20(19)27-14(2)3/h6-11,14H,5,12-13H2,1-4H3. The first-order chi connectivity index (χ1) is 13.2. The zero-order chi connectivity index (χ0) is 20.5. The summed E-state index contributed by atoms with van der Waals surface area (Å²) in [6.45, 7) is 7.13. The van der Waals surface area contributed by atoms with Crippen LogP contribution in [0.5, 0.6) is 11.5 Å². The van der Waals surface area contributed by atoms with E-state index in [9.17, 15) is 13.2 Å². The molecule has 0 spiro atoms. The van der Waals surface area contributed by atoms with Crippen LogP contribution >= 0.6 is 0 Å². The summed E-state index contributed by atoms with van der Waals surface area (Å²) >= 11 is 0. The molecule has 3 rings (SSSR count). The molecule has 0 saturated carbocycles. The van der Waals surface area contributed by atoms with Crippen molar-refractivity contribution in [3.63, 3.8) is 0 Å². The number of carbonyl (C=O) groups excluding carboxylic acids is 1. The van der Waals surface area contributed by atoms with Gasteiger partial charge in [0, 0.05) is 19.3 Å². The van der Waals surface area contributed by atoms with Gasteiger partial charge in [0.2, 0.25) is 0 Å². The van der Waals surface area contributed by atoms with Crippen LogP contribution in [0.4, 0.5) is 0 Å². The van der Waals surface area contributed by atoms with E-state index in [-0.39, 0.29) is 22.5 Å². The minimum Gasteiger partial charge on any atom is -0.494 e. The first-order valence-electron chi connectivity index (χ1n) is 9.23. The molecule has 0 aromatic heterocycles. The fraction of sp³-hybridized carbons (Fsp3) is 0.381. The Morgan fingerprint density at radius 2 is 1.82 bits per heavy atom. The molecule has 0 bridgehead atoms. The first kappa shape index (κ1) is 20.2. The van der Waals surface area contributed by atoms with E-state index >= 15 is 0 Å². The average molecular weight is 404 g/mol. The highest BCUT2D eigenvalue weighted by atomic mass is 32.2. The minimum atomic E-state index is -3.44. The highest BCUT2D eigenvalue weighted by Gasteiger charge is 2.28. The summed E-state index contributed by atoms with van der Waals surface area (Å²) in [5.41, 5.74) is 2.35. The van der Waals surface area contributed by atoms with Crippen molar-refractivity contribution in [3.8, 4) is 11.5 Å². The van der Waals surface area contributed by atoms with Crippen molar-refractivity contribution in [1.82, 2.24) is 4.90 Å². The fourth-order valence-corrected chi connectivity index (χ4v) is 3.85. The van der Waals surface area contributed by atoms with Crippen molar-refractivity contribution in [2.24, 2.45) is 0 Å². The van der Waals surface area contributed by atoms with Crippen molar-refractivity contribution in [1.29, 1.82) is 0 Å². The Labute approximate surface area is 166 Å². The summed E-state index contributed by atoms with van der Waals surface area (Å²) in [7, 11) is -3.44. The van der Waals surface area contributed by atoms with Gasteiger partial charge in [0.15, 0.2) is 9.84 Å². The van der Waals surface area contributed by atoms with Crippen molar-refractivity contribution in [3.05, 3.63) is 53.1 Å². The van der Waals surface area contributed by atoms with Crippen LogP contribution in [0.25, 0.3) is 0 Å². The van der Waals surface area contributed by atoms with E-state index in [2.05, 4.69) is 0 Å². The van der Waals surface area contributed by atoms with Crippen LogP contribution < -0.4 is 9.47 Å². The van der Waals surface area contributed by atoms with Gasteiger partial charge in [0.05, 0.1) is 23.2 Å². The summed E-state index contributed by atoms with van der Waals surface area (Å²) in [6, 6.07) is 10.2. The molecular weight excluding hydrogens is 378 g/mol. The second-order valence-electron chi connectivity index (χ2n) is 7.12. The van der Waals surface area contributed by atoms with E-state index in [4.69, 9.17) is 9.47 Å². The Kier molecular flexibility index (Phi) is 5.65. The molecular formula is C21H25NO5S. The Hall–Kier alpha value is -2.54. The molecule has 0 atom stereocenters. The molecule has 150 valence electrons. The fourth-order valence-electron chi connectivity index (χ4n) is 3.20. The van der Waals surface area contributed by atoms with Crippen LogP contribution in [0.1, 0.15) is 42.3 Å². The van der Waals surface area contributed by atoms with Crippen molar-refractivity contribution in [2.75, 3.05) is 12.9 Å². The van der Waals surface area contributed by atoms with Gasteiger partial charge in [-0.15, -0.1) is 0 Å². The Bertz CT molecular complexity index is 998. The number of hydrogen-bond acceptors (Lipinski definition) is 5. The molecule has 0 unspecified atom stereocenters. The van der Waals surface area contributed by atoms with Crippen molar-refractivity contribution < 1.29 is 22.7 Å². The maximum atomic E-state index is 13.2. The summed E-state index contributed by atoms with van der Waals surface area (Å²) in [5.74, 6) is 0.909. The third-order valence-electron chi connectivity index (χ3n) is 4.47. The van der Waals surface area contributed by atoms with Crippen LogP contribution in [0.3, 0.4) is 0 Å². The predicted octanol–water partition coefficient (Wildman–Crippen LogP) is 3.43. The number of carbonyl (C=O) groups is 1. The number of nitrogens with zero attached hydrogens (tertiary/aromatic N) is 1. The molecule has 0 N–H and O–H groups in total. The van der Waals surface area contributed by atoms with Crippen LogP contribution in [0.2, 0.25) is 0 Å². The quantitative estimate of drug-likeness (QED) is 0.739. The maximum Gasteiger partial charge on any atom is 0.258 e. The van der Waals surface area contributed by atoms with E-state index in [1.807, 2.05) is 39.0 Å². The van der Waals surface area contributed by atoms with Gasteiger partial charge in [-0.05, 0) is 62.2 Å². The molecule has 1 aliphatic rings. The molecule has 1 amide bonds. The second kappa shape index (κ2) is 7.83. The van der Waals surface area contributed by atoms with Gasteiger partial charge in [-0.2, -0.15) is 0 Å². The Balaban J connectivity index is 1.93. The molecule has 1 heterocycles. The monoisotopic (exact) mass is 403 g/mol. The lowest BCUT2D eigenvalue weighted by Gasteiger charge is -2.20. The average Bonchev–Trinajstić information content (AvgIpc) is 3.03. The molecule has 1 aliphatic heterocycles. The molecule has 0 fully saturated rings. The molecule has 7 heteroatoms. The van der Waals surface area contributed by atoms with Gasteiger partial charge >= 0.3 is 0 Å². The molecule has 0 radical (unpaired) electrons. The van der Waals surface area contributed by atoms with Gasteiger partial charge in [0.1, 0.15) is 11.5 Å². The molecule has 6 nitrogen and oxygen atoms in total. The number of rotatable bonds is 6. The molecule has 2 aromatic rings. The van der Waals surface area contributed by atoms with Crippen LogP contribution in [0.15, 0.2) is 41.3 Å². The molecule has 28 heavy (non-hydrogen) atoms. The Morgan fingerprint density at radius 3 is 2.46 bits per heavy atom. The van der Waals surface area contributed by atoms with E-state index in [0.717, 1.165) is 23.1 Å². The molecule has 2 aromatic carbocycles. The van der Waals surface area contributed by atoms with Crippen LogP contribution in [-0.2, 0) is 22.9 Å². The lowest BCUT2D eigenvalue weighted by molar-refractivity contribution is 0.0744. The number of amides is 1. The highest BCUT2D eigenvalue weighted by Crippen LogP contribution is 2.31. The minimum absolute atomic E-state index is 0.0994. The number of hydrogen-bond donors (Lipinski definition) is 0. The lowest BCUT2D eigenvalue weighted by atomic mass is 10.1. The third kappa shape index (κ3) is 4.30. The smallest absolute Gasteiger partial charge is 0.258 e. The van der Waals surface area contributed by atoms with Gasteiger partial charge in [-0.3, -0.25) is 4.79 Å². The number of ether oxygens (including phenoxy) is 2. The zero-order valence-electron chi connectivity index (χ0n) is 16.6. The maximum absolute atomic E-state index is 13.2. The van der Waals surface area contributed by atoms with Gasteiger partial charge in [0.25, 0.3) is 5.91 Å². The molecule has 0 aliphatic carbocycles. The van der Waals surface area contributed by atoms with Gasteiger partial charge in [-0.25, -0.2) is 8.42 Å². The summed E-state index contributed by atoms with van der Waals surface area (Å²) in [4.78, 5) is 15.0. The number of sulfone groups is 1. The van der Waals surface area contributed by atoms with Crippen LogP contribution in [0, 0.1) is 0 Å². The topological polar surface area (TPSA) is 72.9 Å². The first-order valence-corrected chi connectivity index (χ1v) is 11.1. The largest absolute Gasteiger partial charge is 0.494 e. The lowest BCUT2D eigenvalue weighted by Crippen LogP contribution is -2.26. The summed E-state index contributed by atoms with van der Waals surface area (Å²) < 4.78 is 35.2. The number of benzene rings is 2. The van der Waals surface area contributed by atoms with E-state index < -0.39 is 9.84 Å². The normalized spacial score (nSPS) is 13.5. The zero-order valence-corrected chi connectivity index (χ0v) is 17.4. The van der Waals surface area contributed by atoms with Gasteiger partial charge < -0.3 is 14.4 Å². The van der Waals surface area contributed by atoms with Crippen molar-refractivity contribution in [2.45, 2.75) is 44.9 Å². The summed E-state index contributed by atoms with van der Waals surface area (Å²) in [6.07, 6.45) is 0.987. The SMILES string of the molecule is CCOc1ccc2c(c1)CN(C(=O)c1cc(S(C)(=O)=O)ccc1OC(C)C)C2. The third-order valence-corrected chi connectivity index (χ3v) is 5.58. The number of fused-ring (bicyclic) bond motifs is 1. The summed E-state index contributed by atoms with van der Waals surface area (Å²) in [5, 5.41) is 0. The van der Waals surface area contributed by atoms with E-state index in [1.54, 1.807) is 11.0 Å². The Morgan fingerprint density at radius 1 is 1.11 bits per heavy atom. The van der Waals surface area contributed by atoms with E-state index in [1.165, 1.54) is 12.1 Å². The van der Waals surface area contributed by atoms with E-state index in [0.29, 0.717) is 25.4 Å². The van der Waals surface area contributed by atoms with Crippen molar-refractivity contribution >= 4 is 15.7 Å². The molecule has 0 saturated heterocycles. The highest BCUT2D eigenvalue weighted by molar-refractivity contribution is 7.90. The van der Waals surface area contributed by atoms with Crippen LogP contribution in [-0.4, -0.2) is 38.2 Å².